The summed E-state index contributed by atoms with van der Waals surface area (Å²) in [7, 11) is 0. The van der Waals surface area contributed by atoms with Crippen LogP contribution in [-0.4, -0.2) is 52.0 Å². The lowest BCUT2D eigenvalue weighted by molar-refractivity contribution is -0.136. The van der Waals surface area contributed by atoms with Gasteiger partial charge in [0.05, 0.1) is 6.10 Å². The van der Waals surface area contributed by atoms with Gasteiger partial charge in [0.1, 0.15) is 18.2 Å². The summed E-state index contributed by atoms with van der Waals surface area (Å²) in [4.78, 5) is 40.1. The molecule has 0 aliphatic carbocycles. The number of benzene rings is 2. The van der Waals surface area contributed by atoms with Crippen molar-refractivity contribution in [1.82, 2.24) is 10.2 Å². The maximum absolute atomic E-state index is 13.6. The van der Waals surface area contributed by atoms with E-state index in [9.17, 15) is 19.5 Å². The van der Waals surface area contributed by atoms with Crippen molar-refractivity contribution >= 4 is 17.8 Å². The van der Waals surface area contributed by atoms with Crippen LogP contribution < -0.4 is 5.32 Å². The van der Waals surface area contributed by atoms with Gasteiger partial charge in [0.25, 0.3) is 0 Å². The number of Topliss-reactive ketones (excluding diaryl/α,β-unsaturated/α-hetero) is 1. The molecule has 0 spiro atoms. The summed E-state index contributed by atoms with van der Waals surface area (Å²) in [6.45, 7) is 3.25. The van der Waals surface area contributed by atoms with Gasteiger partial charge in [-0.05, 0) is 37.8 Å². The van der Waals surface area contributed by atoms with E-state index in [1.807, 2.05) is 60.7 Å². The third-order valence-electron chi connectivity index (χ3n) is 5.88. The van der Waals surface area contributed by atoms with Gasteiger partial charge >= 0.3 is 6.09 Å². The summed E-state index contributed by atoms with van der Waals surface area (Å²) in [5.74, 6) is -0.809. The fourth-order valence-corrected chi connectivity index (χ4v) is 4.21. The first-order valence-corrected chi connectivity index (χ1v) is 10.9. The van der Waals surface area contributed by atoms with Crippen LogP contribution in [0.15, 0.2) is 60.7 Å². The summed E-state index contributed by atoms with van der Waals surface area (Å²) < 4.78 is 5.55. The molecule has 7 nitrogen and oxygen atoms in total. The van der Waals surface area contributed by atoms with E-state index in [0.717, 1.165) is 11.1 Å². The van der Waals surface area contributed by atoms with Crippen LogP contribution in [0.25, 0.3) is 0 Å². The van der Waals surface area contributed by atoms with Crippen molar-refractivity contribution < 1.29 is 24.2 Å². The van der Waals surface area contributed by atoms with Crippen LogP contribution in [-0.2, 0) is 27.4 Å². The third kappa shape index (κ3) is 5.34. The molecule has 170 valence electrons. The van der Waals surface area contributed by atoms with Gasteiger partial charge in [0.15, 0.2) is 5.78 Å². The summed E-state index contributed by atoms with van der Waals surface area (Å²) in [5.41, 5.74) is 0.531. The molecule has 1 unspecified atom stereocenters. The predicted octanol–water partition coefficient (Wildman–Crippen LogP) is 2.86. The molecule has 7 heteroatoms. The van der Waals surface area contributed by atoms with Gasteiger partial charge in [-0.2, -0.15) is 0 Å². The van der Waals surface area contributed by atoms with Gasteiger partial charge < -0.3 is 15.2 Å². The molecule has 0 saturated carbocycles. The Kier molecular flexibility index (Phi) is 7.64. The fraction of sp³-hybridized carbons (Fsp3) is 0.400. The zero-order valence-electron chi connectivity index (χ0n) is 18.5. The van der Waals surface area contributed by atoms with Crippen molar-refractivity contribution in [2.24, 2.45) is 0 Å². The lowest BCUT2D eigenvalue weighted by Crippen LogP contribution is -2.62. The molecule has 2 aromatic rings. The molecule has 1 fully saturated rings. The lowest BCUT2D eigenvalue weighted by Gasteiger charge is -2.38. The van der Waals surface area contributed by atoms with E-state index >= 15 is 0 Å². The molecule has 0 aromatic heterocycles. The van der Waals surface area contributed by atoms with Gasteiger partial charge in [-0.1, -0.05) is 60.7 Å². The van der Waals surface area contributed by atoms with Gasteiger partial charge in [-0.25, -0.2) is 4.79 Å². The standard InChI is InChI=1S/C25H30N2O5/c1-18(28)22(19(2)29)26-23(30)25(16-20-10-5-3-6-11-20)14-9-15-27(25)24(31)32-17-21-12-7-4-8-13-21/h3-8,10-13,18,22,28H,9,14-17H2,1-2H3,(H,26,30)/t18-,22+,25?/m1/s1. The van der Waals surface area contributed by atoms with Crippen LogP contribution >= 0.6 is 0 Å². The number of carbonyl (C=O) groups is 3. The Hall–Kier alpha value is -3.19. The Morgan fingerprint density at radius 1 is 1.06 bits per heavy atom. The highest BCUT2D eigenvalue weighted by molar-refractivity contribution is 5.95. The molecule has 3 atom stereocenters. The molecule has 2 N–H and O–H groups in total. The molecular weight excluding hydrogens is 408 g/mol. The van der Waals surface area contributed by atoms with E-state index in [0.29, 0.717) is 19.4 Å². The second kappa shape index (κ2) is 10.4. The normalized spacial score (nSPS) is 19.8. The van der Waals surface area contributed by atoms with Crippen molar-refractivity contribution in [1.29, 1.82) is 0 Å². The monoisotopic (exact) mass is 438 g/mol. The van der Waals surface area contributed by atoms with E-state index in [-0.39, 0.29) is 18.8 Å². The predicted molar refractivity (Wildman–Crippen MR) is 120 cm³/mol. The van der Waals surface area contributed by atoms with E-state index < -0.39 is 29.7 Å². The van der Waals surface area contributed by atoms with E-state index in [1.54, 1.807) is 0 Å². The van der Waals surface area contributed by atoms with Gasteiger partial charge in [0, 0.05) is 13.0 Å². The number of carbonyl (C=O) groups excluding carboxylic acids is 3. The summed E-state index contributed by atoms with van der Waals surface area (Å²) in [6.07, 6.45) is -0.289. The van der Waals surface area contributed by atoms with Crippen LogP contribution in [0.1, 0.15) is 37.8 Å². The molecule has 2 amide bonds. The van der Waals surface area contributed by atoms with E-state index in [2.05, 4.69) is 5.32 Å². The van der Waals surface area contributed by atoms with Crippen molar-refractivity contribution in [3.05, 3.63) is 71.8 Å². The van der Waals surface area contributed by atoms with Crippen LogP contribution in [0, 0.1) is 0 Å². The Morgan fingerprint density at radius 3 is 2.22 bits per heavy atom. The first kappa shape index (κ1) is 23.5. The number of likely N-dealkylation sites (tertiary alicyclic amines) is 1. The van der Waals surface area contributed by atoms with Crippen molar-refractivity contribution in [3.63, 3.8) is 0 Å². The number of ketones is 1. The third-order valence-corrected chi connectivity index (χ3v) is 5.88. The summed E-state index contributed by atoms with van der Waals surface area (Å²) in [6, 6.07) is 17.7. The van der Waals surface area contributed by atoms with Crippen LogP contribution in [0.5, 0.6) is 0 Å². The maximum atomic E-state index is 13.6. The van der Waals surface area contributed by atoms with Gasteiger partial charge in [0.2, 0.25) is 5.91 Å². The van der Waals surface area contributed by atoms with E-state index in [1.165, 1.54) is 18.7 Å². The molecular formula is C25H30N2O5. The zero-order chi connectivity index (χ0) is 23.1. The molecule has 1 saturated heterocycles. The van der Waals surface area contributed by atoms with E-state index in [4.69, 9.17) is 4.74 Å². The molecule has 1 heterocycles. The smallest absolute Gasteiger partial charge is 0.411 e. The highest BCUT2D eigenvalue weighted by Gasteiger charge is 2.51. The number of aliphatic hydroxyl groups is 1. The maximum Gasteiger partial charge on any atom is 0.411 e. The molecule has 2 aromatic carbocycles. The Balaban J connectivity index is 1.87. The highest BCUT2D eigenvalue weighted by atomic mass is 16.6. The van der Waals surface area contributed by atoms with Crippen molar-refractivity contribution in [2.75, 3.05) is 6.54 Å². The number of rotatable bonds is 8. The van der Waals surface area contributed by atoms with Crippen molar-refractivity contribution in [3.8, 4) is 0 Å². The second-order valence-corrected chi connectivity index (χ2v) is 8.29. The number of amides is 2. The van der Waals surface area contributed by atoms with Crippen LogP contribution in [0.4, 0.5) is 4.79 Å². The molecule has 1 aliphatic rings. The number of hydrogen-bond acceptors (Lipinski definition) is 5. The quantitative estimate of drug-likeness (QED) is 0.661. The van der Waals surface area contributed by atoms with Crippen LogP contribution in [0.2, 0.25) is 0 Å². The van der Waals surface area contributed by atoms with Crippen LogP contribution in [0.3, 0.4) is 0 Å². The lowest BCUT2D eigenvalue weighted by atomic mass is 9.86. The van der Waals surface area contributed by atoms with Gasteiger partial charge in [-0.3, -0.25) is 14.5 Å². The molecule has 3 rings (SSSR count). The Labute approximate surface area is 188 Å². The molecule has 32 heavy (non-hydrogen) atoms. The average Bonchev–Trinajstić information content (AvgIpc) is 3.21. The first-order chi connectivity index (χ1) is 15.3. The minimum atomic E-state index is -1.21. The second-order valence-electron chi connectivity index (χ2n) is 8.29. The Bertz CT molecular complexity index is 932. The first-order valence-electron chi connectivity index (χ1n) is 10.9. The zero-order valence-corrected chi connectivity index (χ0v) is 18.5. The van der Waals surface area contributed by atoms with Gasteiger partial charge in [-0.15, -0.1) is 0 Å². The topological polar surface area (TPSA) is 95.9 Å². The number of nitrogens with one attached hydrogen (secondary N) is 1. The SMILES string of the molecule is CC(=O)[C@@H](NC(=O)C1(Cc2ccccc2)CCCN1C(=O)OCc1ccccc1)[C@@H](C)O. The Morgan fingerprint density at radius 2 is 1.66 bits per heavy atom. The summed E-state index contributed by atoms with van der Waals surface area (Å²) in [5, 5.41) is 12.7. The number of hydrogen-bond donors (Lipinski definition) is 2. The molecule has 1 aliphatic heterocycles. The number of nitrogens with zero attached hydrogens (tertiary/aromatic N) is 1. The number of ether oxygens (including phenoxy) is 1. The molecule has 0 radical (unpaired) electrons. The molecule has 0 bridgehead atoms. The number of aliphatic hydroxyl groups excluding tert-OH is 1. The van der Waals surface area contributed by atoms with Crippen molar-refractivity contribution in [2.45, 2.75) is 57.4 Å². The summed E-state index contributed by atoms with van der Waals surface area (Å²) >= 11 is 0. The average molecular weight is 439 g/mol. The fourth-order valence-electron chi connectivity index (χ4n) is 4.21. The minimum Gasteiger partial charge on any atom is -0.445 e. The minimum absolute atomic E-state index is 0.100. The largest absolute Gasteiger partial charge is 0.445 e. The highest BCUT2D eigenvalue weighted by Crippen LogP contribution is 2.34.